The molecule has 4 rings (SSSR count). The van der Waals surface area contributed by atoms with Crippen LogP contribution in [0.5, 0.6) is 11.5 Å². The Morgan fingerprint density at radius 1 is 1.00 bits per heavy atom. The van der Waals surface area contributed by atoms with Crippen LogP contribution in [0.15, 0.2) is 60.2 Å². The van der Waals surface area contributed by atoms with Gasteiger partial charge in [0.2, 0.25) is 0 Å². The van der Waals surface area contributed by atoms with Crippen molar-refractivity contribution >= 4 is 41.2 Å². The summed E-state index contributed by atoms with van der Waals surface area (Å²) in [6.45, 7) is 5.90. The van der Waals surface area contributed by atoms with Gasteiger partial charge in [0.1, 0.15) is 18.0 Å². The number of carbonyl (C=O) groups excluding carboxylic acids is 3. The number of barbiturate groups is 1. The van der Waals surface area contributed by atoms with Gasteiger partial charge >= 0.3 is 6.03 Å². The third-order valence-electron chi connectivity index (χ3n) is 5.77. The first-order chi connectivity index (χ1) is 17.7. The second-order valence-corrected chi connectivity index (χ2v) is 8.82. The van der Waals surface area contributed by atoms with Crippen LogP contribution in [0.1, 0.15) is 29.2 Å². The van der Waals surface area contributed by atoms with Crippen LogP contribution in [-0.2, 0) is 16.2 Å². The number of hydrogen-bond acceptors (Lipinski definition) is 5. The molecule has 1 fully saturated rings. The number of nitrogens with zero attached hydrogens (tertiary/aromatic N) is 1. The molecule has 9 heteroatoms. The van der Waals surface area contributed by atoms with Crippen LogP contribution in [-0.4, -0.2) is 24.5 Å². The zero-order valence-electron chi connectivity index (χ0n) is 20.4. The molecule has 0 saturated carbocycles. The number of halogens is 2. The maximum Gasteiger partial charge on any atom is 0.335 e. The Kier molecular flexibility index (Phi) is 7.59. The number of amides is 4. The molecular weight excluding hydrogens is 499 g/mol. The maximum absolute atomic E-state index is 13.5. The number of urea groups is 1. The molecule has 3 aromatic rings. The number of imide groups is 2. The molecule has 1 saturated heterocycles. The number of anilines is 1. The highest BCUT2D eigenvalue weighted by Gasteiger charge is 2.37. The first-order valence-corrected chi connectivity index (χ1v) is 11.9. The molecule has 1 N–H and O–H groups in total. The molecule has 3 aromatic carbocycles. The summed E-state index contributed by atoms with van der Waals surface area (Å²) in [6, 6.07) is 13.4. The van der Waals surface area contributed by atoms with Crippen molar-refractivity contribution in [3.05, 3.63) is 93.3 Å². The second kappa shape index (κ2) is 10.8. The lowest BCUT2D eigenvalue weighted by Crippen LogP contribution is -2.54. The summed E-state index contributed by atoms with van der Waals surface area (Å²) in [5.74, 6) is -1.46. The summed E-state index contributed by atoms with van der Waals surface area (Å²) in [6.07, 6.45) is 1.34. The average molecular weight is 523 g/mol. The van der Waals surface area contributed by atoms with Gasteiger partial charge in [-0.1, -0.05) is 29.8 Å². The number of rotatable bonds is 7. The monoisotopic (exact) mass is 522 g/mol. The zero-order valence-corrected chi connectivity index (χ0v) is 21.2. The third kappa shape index (κ3) is 5.65. The molecule has 190 valence electrons. The van der Waals surface area contributed by atoms with Gasteiger partial charge in [-0.2, -0.15) is 0 Å². The highest BCUT2D eigenvalue weighted by atomic mass is 35.5. The minimum absolute atomic E-state index is 0.0475. The standard InChI is InChI=1S/C28H24ClFN2O5/c1-4-36-24-14-19(13-23(29)25(24)37-15-18-6-5-7-20(30)11-18)12-22-26(33)31-28(35)32(27(22)34)21-9-8-16(2)17(3)10-21/h5-14H,4,15H2,1-3H3,(H,31,33,35)/b22-12+. The Morgan fingerprint density at radius 3 is 2.49 bits per heavy atom. The fraction of sp³-hybridized carbons (Fsp3) is 0.179. The molecule has 1 heterocycles. The van der Waals surface area contributed by atoms with E-state index in [-0.39, 0.29) is 34.5 Å². The number of hydrogen-bond donors (Lipinski definition) is 1. The van der Waals surface area contributed by atoms with E-state index in [0.29, 0.717) is 23.4 Å². The number of aryl methyl sites for hydroxylation is 2. The van der Waals surface area contributed by atoms with E-state index in [1.165, 1.54) is 24.3 Å². The summed E-state index contributed by atoms with van der Waals surface area (Å²) < 4.78 is 25.0. The highest BCUT2D eigenvalue weighted by molar-refractivity contribution is 6.39. The van der Waals surface area contributed by atoms with Crippen molar-refractivity contribution in [3.8, 4) is 11.5 Å². The fourth-order valence-electron chi connectivity index (χ4n) is 3.78. The van der Waals surface area contributed by atoms with Crippen LogP contribution in [0.4, 0.5) is 14.9 Å². The molecule has 0 bridgehead atoms. The van der Waals surface area contributed by atoms with Crippen molar-refractivity contribution < 1.29 is 28.2 Å². The average Bonchev–Trinajstić information content (AvgIpc) is 2.83. The lowest BCUT2D eigenvalue weighted by atomic mass is 10.0. The highest BCUT2D eigenvalue weighted by Crippen LogP contribution is 2.38. The SMILES string of the molecule is CCOc1cc(/C=C2\C(=O)NC(=O)N(c3ccc(C)c(C)c3)C2=O)cc(Cl)c1OCc1cccc(F)c1. The van der Waals surface area contributed by atoms with Gasteiger partial charge in [0.25, 0.3) is 11.8 Å². The van der Waals surface area contributed by atoms with Crippen molar-refractivity contribution in [3.63, 3.8) is 0 Å². The molecule has 1 aliphatic rings. The topological polar surface area (TPSA) is 84.9 Å². The summed E-state index contributed by atoms with van der Waals surface area (Å²) >= 11 is 6.48. The van der Waals surface area contributed by atoms with Gasteiger partial charge in [-0.05, 0) is 85.5 Å². The molecule has 7 nitrogen and oxygen atoms in total. The van der Waals surface area contributed by atoms with E-state index < -0.39 is 17.8 Å². The Hall–Kier alpha value is -4.17. The first-order valence-electron chi connectivity index (χ1n) is 11.5. The van der Waals surface area contributed by atoms with Gasteiger partial charge in [-0.25, -0.2) is 14.1 Å². The molecule has 0 aliphatic carbocycles. The Labute approximate surface area is 218 Å². The largest absolute Gasteiger partial charge is 0.490 e. The van der Waals surface area contributed by atoms with E-state index >= 15 is 0 Å². The van der Waals surface area contributed by atoms with Gasteiger partial charge in [0.05, 0.1) is 17.3 Å². The smallest absolute Gasteiger partial charge is 0.335 e. The van der Waals surface area contributed by atoms with Gasteiger partial charge in [0.15, 0.2) is 11.5 Å². The van der Waals surface area contributed by atoms with Crippen molar-refractivity contribution in [2.75, 3.05) is 11.5 Å². The lowest BCUT2D eigenvalue weighted by molar-refractivity contribution is -0.122. The summed E-state index contributed by atoms with van der Waals surface area (Å²) in [4.78, 5) is 39.3. The van der Waals surface area contributed by atoms with Gasteiger partial charge in [0, 0.05) is 0 Å². The molecule has 37 heavy (non-hydrogen) atoms. The third-order valence-corrected chi connectivity index (χ3v) is 6.05. The van der Waals surface area contributed by atoms with Crippen molar-refractivity contribution in [2.45, 2.75) is 27.4 Å². The predicted molar refractivity (Wildman–Crippen MR) is 138 cm³/mol. The summed E-state index contributed by atoms with van der Waals surface area (Å²) in [5, 5.41) is 2.38. The Balaban J connectivity index is 1.67. The molecular formula is C28H24ClFN2O5. The van der Waals surface area contributed by atoms with Crippen LogP contribution >= 0.6 is 11.6 Å². The Morgan fingerprint density at radius 2 is 1.78 bits per heavy atom. The van der Waals surface area contributed by atoms with Gasteiger partial charge < -0.3 is 9.47 Å². The Bertz CT molecular complexity index is 1440. The van der Waals surface area contributed by atoms with Crippen LogP contribution in [0.25, 0.3) is 6.08 Å². The zero-order chi connectivity index (χ0) is 26.7. The first kappa shape index (κ1) is 25.9. The summed E-state index contributed by atoms with van der Waals surface area (Å²) in [5.41, 5.74) is 2.98. The predicted octanol–water partition coefficient (Wildman–Crippen LogP) is 5.74. The van der Waals surface area contributed by atoms with Crippen LogP contribution < -0.4 is 19.7 Å². The molecule has 4 amide bonds. The lowest BCUT2D eigenvalue weighted by Gasteiger charge is -2.27. The van der Waals surface area contributed by atoms with E-state index in [0.717, 1.165) is 16.0 Å². The normalized spacial score (nSPS) is 14.7. The van der Waals surface area contributed by atoms with E-state index in [9.17, 15) is 18.8 Å². The van der Waals surface area contributed by atoms with Crippen molar-refractivity contribution in [1.29, 1.82) is 0 Å². The molecule has 1 aliphatic heterocycles. The molecule has 0 spiro atoms. The molecule has 0 aromatic heterocycles. The minimum atomic E-state index is -0.829. The number of nitrogens with one attached hydrogen (secondary N) is 1. The van der Waals surface area contributed by atoms with E-state index in [2.05, 4.69) is 5.32 Å². The summed E-state index contributed by atoms with van der Waals surface area (Å²) in [7, 11) is 0. The van der Waals surface area contributed by atoms with Crippen molar-refractivity contribution in [1.82, 2.24) is 5.32 Å². The van der Waals surface area contributed by atoms with E-state index in [1.54, 1.807) is 43.3 Å². The molecule has 0 radical (unpaired) electrons. The maximum atomic E-state index is 13.5. The molecule has 0 unspecified atom stereocenters. The second-order valence-electron chi connectivity index (χ2n) is 8.41. The minimum Gasteiger partial charge on any atom is -0.490 e. The number of ether oxygens (including phenoxy) is 2. The van der Waals surface area contributed by atoms with E-state index in [1.807, 2.05) is 13.8 Å². The van der Waals surface area contributed by atoms with Crippen LogP contribution in [0.2, 0.25) is 5.02 Å². The quantitative estimate of drug-likeness (QED) is 0.316. The fourth-order valence-corrected chi connectivity index (χ4v) is 4.05. The van der Waals surface area contributed by atoms with Crippen LogP contribution in [0, 0.1) is 19.7 Å². The van der Waals surface area contributed by atoms with E-state index in [4.69, 9.17) is 21.1 Å². The molecule has 0 atom stereocenters. The van der Waals surface area contributed by atoms with Crippen molar-refractivity contribution in [2.24, 2.45) is 0 Å². The van der Waals surface area contributed by atoms with Gasteiger partial charge in [-0.3, -0.25) is 14.9 Å². The van der Waals surface area contributed by atoms with Gasteiger partial charge in [-0.15, -0.1) is 0 Å². The number of carbonyl (C=O) groups is 3. The van der Waals surface area contributed by atoms with Crippen LogP contribution in [0.3, 0.4) is 0 Å². The number of benzene rings is 3.